The molecule has 4 rings (SSSR count). The molecule has 0 unspecified atom stereocenters. The molecule has 2 aromatic carbocycles. The number of hydrogen-bond acceptors (Lipinski definition) is 6. The maximum Gasteiger partial charge on any atom is 0.225 e. The third-order valence-electron chi connectivity index (χ3n) is 4.82. The smallest absolute Gasteiger partial charge is 0.225 e. The summed E-state index contributed by atoms with van der Waals surface area (Å²) in [5, 5.41) is 15.0. The minimum atomic E-state index is 0.0343. The standard InChI is InChI=1S/C22H24N6O/c1-4-16-13-20(28-27-16)25-21-18-7-5-6-8-19(18)24-22(26-21)23-14(2)15-9-11-17(29-3)12-10-15/h5-14H,4H2,1-3H3,(H3,23,24,25,26,27,28)/t14-/m0/s1. The third kappa shape index (κ3) is 4.13. The highest BCUT2D eigenvalue weighted by Gasteiger charge is 2.12. The average molecular weight is 388 g/mol. The van der Waals surface area contributed by atoms with Gasteiger partial charge < -0.3 is 15.4 Å². The van der Waals surface area contributed by atoms with E-state index in [4.69, 9.17) is 9.72 Å². The molecule has 7 nitrogen and oxygen atoms in total. The van der Waals surface area contributed by atoms with Crippen molar-refractivity contribution in [3.05, 3.63) is 65.9 Å². The number of benzene rings is 2. The van der Waals surface area contributed by atoms with Gasteiger partial charge in [-0.05, 0) is 43.2 Å². The first-order valence-electron chi connectivity index (χ1n) is 9.65. The molecule has 0 aliphatic rings. The van der Waals surface area contributed by atoms with Crippen molar-refractivity contribution < 1.29 is 4.74 Å². The number of para-hydroxylation sites is 1. The van der Waals surface area contributed by atoms with E-state index >= 15 is 0 Å². The predicted octanol–water partition coefficient (Wildman–Crippen LogP) is 4.84. The van der Waals surface area contributed by atoms with Gasteiger partial charge in [0.15, 0.2) is 5.82 Å². The number of H-pyrrole nitrogens is 1. The lowest BCUT2D eigenvalue weighted by Gasteiger charge is -2.16. The van der Waals surface area contributed by atoms with E-state index in [9.17, 15) is 0 Å². The third-order valence-corrected chi connectivity index (χ3v) is 4.82. The number of aromatic amines is 1. The highest BCUT2D eigenvalue weighted by atomic mass is 16.5. The molecule has 3 N–H and O–H groups in total. The summed E-state index contributed by atoms with van der Waals surface area (Å²) < 4.78 is 5.24. The van der Waals surface area contributed by atoms with Crippen LogP contribution in [0.4, 0.5) is 17.6 Å². The molecule has 4 aromatic rings. The highest BCUT2D eigenvalue weighted by molar-refractivity contribution is 5.91. The number of rotatable bonds is 7. The Morgan fingerprint density at radius 3 is 2.59 bits per heavy atom. The Morgan fingerprint density at radius 2 is 1.86 bits per heavy atom. The lowest BCUT2D eigenvalue weighted by Crippen LogP contribution is -2.10. The molecule has 148 valence electrons. The van der Waals surface area contributed by atoms with Crippen LogP contribution < -0.4 is 15.4 Å². The maximum atomic E-state index is 5.24. The molecule has 0 saturated heterocycles. The van der Waals surface area contributed by atoms with E-state index in [2.05, 4.69) is 39.7 Å². The Kier molecular flexibility index (Phi) is 5.29. The van der Waals surface area contributed by atoms with Gasteiger partial charge in [-0.3, -0.25) is 5.10 Å². The molecule has 0 fully saturated rings. The fraction of sp³-hybridized carbons (Fsp3) is 0.227. The Hall–Kier alpha value is -3.61. The minimum Gasteiger partial charge on any atom is -0.497 e. The summed E-state index contributed by atoms with van der Waals surface area (Å²) in [6.07, 6.45) is 0.894. The normalized spacial score (nSPS) is 12.0. The SMILES string of the molecule is CCc1cc(Nc2nc(N[C@@H](C)c3ccc(OC)cc3)nc3ccccc23)n[nH]1. The second kappa shape index (κ2) is 8.18. The minimum absolute atomic E-state index is 0.0343. The molecule has 0 radical (unpaired) electrons. The van der Waals surface area contributed by atoms with Crippen LogP contribution in [-0.2, 0) is 6.42 Å². The van der Waals surface area contributed by atoms with Crippen molar-refractivity contribution in [2.24, 2.45) is 0 Å². The van der Waals surface area contributed by atoms with E-state index in [0.717, 1.165) is 40.1 Å². The first-order valence-corrected chi connectivity index (χ1v) is 9.65. The summed E-state index contributed by atoms with van der Waals surface area (Å²) >= 11 is 0. The van der Waals surface area contributed by atoms with Crippen molar-refractivity contribution in [2.75, 3.05) is 17.7 Å². The average Bonchev–Trinajstić information content (AvgIpc) is 3.21. The predicted molar refractivity (Wildman–Crippen MR) is 116 cm³/mol. The molecule has 0 saturated carbocycles. The van der Waals surface area contributed by atoms with E-state index in [1.54, 1.807) is 7.11 Å². The van der Waals surface area contributed by atoms with Crippen molar-refractivity contribution in [1.82, 2.24) is 20.2 Å². The largest absolute Gasteiger partial charge is 0.497 e. The number of methoxy groups -OCH3 is 1. The fourth-order valence-corrected chi connectivity index (χ4v) is 3.13. The van der Waals surface area contributed by atoms with E-state index in [1.165, 1.54) is 0 Å². The van der Waals surface area contributed by atoms with E-state index in [1.807, 2.05) is 54.6 Å². The molecule has 2 heterocycles. The van der Waals surface area contributed by atoms with Crippen LogP contribution in [0.3, 0.4) is 0 Å². The van der Waals surface area contributed by atoms with Gasteiger partial charge in [-0.15, -0.1) is 0 Å². The molecule has 1 atom stereocenters. The van der Waals surface area contributed by atoms with Crippen LogP contribution in [0.15, 0.2) is 54.6 Å². The van der Waals surface area contributed by atoms with Crippen LogP contribution in [0.1, 0.15) is 31.1 Å². The summed E-state index contributed by atoms with van der Waals surface area (Å²) in [5.74, 6) is 2.84. The van der Waals surface area contributed by atoms with Gasteiger partial charge >= 0.3 is 0 Å². The molecule has 0 aliphatic heterocycles. The van der Waals surface area contributed by atoms with Crippen molar-refractivity contribution >= 4 is 28.5 Å². The molecular weight excluding hydrogens is 364 g/mol. The van der Waals surface area contributed by atoms with Gasteiger partial charge in [0.25, 0.3) is 0 Å². The number of aromatic nitrogens is 4. The Morgan fingerprint density at radius 1 is 1.07 bits per heavy atom. The van der Waals surface area contributed by atoms with Crippen LogP contribution in [0, 0.1) is 0 Å². The number of hydrogen-bond donors (Lipinski definition) is 3. The zero-order valence-corrected chi connectivity index (χ0v) is 16.7. The summed E-state index contributed by atoms with van der Waals surface area (Å²) in [6.45, 7) is 4.16. The Balaban J connectivity index is 1.63. The van der Waals surface area contributed by atoms with E-state index in [0.29, 0.717) is 11.8 Å². The van der Waals surface area contributed by atoms with Gasteiger partial charge in [0.1, 0.15) is 11.6 Å². The molecule has 0 bridgehead atoms. The summed E-state index contributed by atoms with van der Waals surface area (Å²) in [6, 6.07) is 17.9. The second-order valence-electron chi connectivity index (χ2n) is 6.81. The summed E-state index contributed by atoms with van der Waals surface area (Å²) in [7, 11) is 1.66. The number of nitrogens with zero attached hydrogens (tertiary/aromatic N) is 3. The molecule has 0 aliphatic carbocycles. The molecule has 0 amide bonds. The van der Waals surface area contributed by atoms with E-state index in [-0.39, 0.29) is 6.04 Å². The second-order valence-corrected chi connectivity index (χ2v) is 6.81. The Bertz CT molecular complexity index is 1110. The van der Waals surface area contributed by atoms with Gasteiger partial charge in [-0.1, -0.05) is 31.2 Å². The van der Waals surface area contributed by atoms with Crippen LogP contribution in [0.2, 0.25) is 0 Å². The van der Waals surface area contributed by atoms with Crippen LogP contribution in [0.25, 0.3) is 10.9 Å². The first kappa shape index (κ1) is 18.7. The van der Waals surface area contributed by atoms with Gasteiger partial charge in [0.05, 0.1) is 18.7 Å². The van der Waals surface area contributed by atoms with Crippen molar-refractivity contribution in [2.45, 2.75) is 26.3 Å². The van der Waals surface area contributed by atoms with Crippen molar-refractivity contribution in [3.63, 3.8) is 0 Å². The lowest BCUT2D eigenvalue weighted by molar-refractivity contribution is 0.414. The number of aryl methyl sites for hydroxylation is 1. The van der Waals surface area contributed by atoms with Crippen molar-refractivity contribution in [1.29, 1.82) is 0 Å². The zero-order valence-electron chi connectivity index (χ0n) is 16.7. The van der Waals surface area contributed by atoms with Gasteiger partial charge in [0.2, 0.25) is 5.95 Å². The number of nitrogens with one attached hydrogen (secondary N) is 3. The number of ether oxygens (including phenoxy) is 1. The van der Waals surface area contributed by atoms with Crippen molar-refractivity contribution in [3.8, 4) is 5.75 Å². The molecular formula is C22H24N6O. The first-order chi connectivity index (χ1) is 14.2. The molecule has 7 heteroatoms. The monoisotopic (exact) mass is 388 g/mol. The lowest BCUT2D eigenvalue weighted by atomic mass is 10.1. The molecule has 2 aromatic heterocycles. The number of anilines is 3. The van der Waals surface area contributed by atoms with Crippen LogP contribution >= 0.6 is 0 Å². The maximum absolute atomic E-state index is 5.24. The van der Waals surface area contributed by atoms with E-state index < -0.39 is 0 Å². The zero-order chi connectivity index (χ0) is 20.2. The topological polar surface area (TPSA) is 87.8 Å². The van der Waals surface area contributed by atoms with Gasteiger partial charge in [-0.25, -0.2) is 4.98 Å². The Labute approximate surface area is 169 Å². The molecule has 0 spiro atoms. The number of fused-ring (bicyclic) bond motifs is 1. The fourth-order valence-electron chi connectivity index (χ4n) is 3.13. The van der Waals surface area contributed by atoms with Gasteiger partial charge in [-0.2, -0.15) is 10.1 Å². The molecule has 29 heavy (non-hydrogen) atoms. The summed E-state index contributed by atoms with van der Waals surface area (Å²) in [4.78, 5) is 9.40. The van der Waals surface area contributed by atoms with Crippen LogP contribution in [0.5, 0.6) is 5.75 Å². The highest BCUT2D eigenvalue weighted by Crippen LogP contribution is 2.27. The van der Waals surface area contributed by atoms with Gasteiger partial charge in [0, 0.05) is 17.1 Å². The van der Waals surface area contributed by atoms with Crippen LogP contribution in [-0.4, -0.2) is 27.3 Å². The quantitative estimate of drug-likeness (QED) is 0.420. The summed E-state index contributed by atoms with van der Waals surface area (Å²) in [5.41, 5.74) is 3.05.